The van der Waals surface area contributed by atoms with E-state index in [2.05, 4.69) is 16.3 Å². The van der Waals surface area contributed by atoms with Gasteiger partial charge in [-0.3, -0.25) is 4.79 Å². The standard InChI is InChI=1S/C22H26N2O5/c1-15-12-16(24-10-4-5-11-24)6-8-19(15)23-21(25)14-29-22(26)18-13-17(27-2)7-9-20(18)28-3/h6-9,12-13H,4-5,10-11,14H2,1-3H3,(H,23,25). The average molecular weight is 398 g/mol. The minimum atomic E-state index is -0.656. The molecule has 2 aromatic carbocycles. The first-order valence-electron chi connectivity index (χ1n) is 9.56. The van der Waals surface area contributed by atoms with Gasteiger partial charge in [-0.1, -0.05) is 0 Å². The largest absolute Gasteiger partial charge is 0.497 e. The van der Waals surface area contributed by atoms with Crippen molar-refractivity contribution in [3.8, 4) is 11.5 Å². The van der Waals surface area contributed by atoms with Crippen molar-refractivity contribution in [2.75, 3.05) is 44.1 Å². The van der Waals surface area contributed by atoms with E-state index in [4.69, 9.17) is 14.2 Å². The van der Waals surface area contributed by atoms with Gasteiger partial charge in [0.2, 0.25) is 0 Å². The third-order valence-electron chi connectivity index (χ3n) is 4.92. The van der Waals surface area contributed by atoms with Crippen LogP contribution in [0.3, 0.4) is 0 Å². The second kappa shape index (κ2) is 9.32. The minimum Gasteiger partial charge on any atom is -0.497 e. The molecule has 0 unspecified atom stereocenters. The number of carbonyl (C=O) groups is 2. The first-order chi connectivity index (χ1) is 14.0. The number of rotatable bonds is 7. The van der Waals surface area contributed by atoms with Crippen LogP contribution in [0.25, 0.3) is 0 Å². The van der Waals surface area contributed by atoms with E-state index in [1.807, 2.05) is 19.1 Å². The van der Waals surface area contributed by atoms with Gasteiger partial charge in [0.1, 0.15) is 17.1 Å². The van der Waals surface area contributed by atoms with Crippen LogP contribution in [-0.4, -0.2) is 45.8 Å². The molecule has 1 aliphatic heterocycles. The fourth-order valence-electron chi connectivity index (χ4n) is 3.33. The third-order valence-corrected chi connectivity index (χ3v) is 4.92. The summed E-state index contributed by atoms with van der Waals surface area (Å²) in [5, 5.41) is 2.80. The van der Waals surface area contributed by atoms with Gasteiger partial charge >= 0.3 is 5.97 Å². The Balaban J connectivity index is 1.59. The van der Waals surface area contributed by atoms with Crippen LogP contribution in [0.4, 0.5) is 11.4 Å². The number of anilines is 2. The van der Waals surface area contributed by atoms with Crippen molar-refractivity contribution in [2.24, 2.45) is 0 Å². The lowest BCUT2D eigenvalue weighted by Gasteiger charge is -2.19. The number of nitrogens with zero attached hydrogens (tertiary/aromatic N) is 1. The topological polar surface area (TPSA) is 77.1 Å². The van der Waals surface area contributed by atoms with Crippen molar-refractivity contribution in [1.82, 2.24) is 0 Å². The van der Waals surface area contributed by atoms with Crippen molar-refractivity contribution < 1.29 is 23.8 Å². The van der Waals surface area contributed by atoms with Gasteiger partial charge in [0.25, 0.3) is 5.91 Å². The second-order valence-electron chi connectivity index (χ2n) is 6.88. The summed E-state index contributed by atoms with van der Waals surface area (Å²) in [5.74, 6) is -0.213. The number of hydrogen-bond acceptors (Lipinski definition) is 6. The zero-order valence-corrected chi connectivity index (χ0v) is 17.0. The summed E-state index contributed by atoms with van der Waals surface area (Å²) in [4.78, 5) is 27.0. The Bertz CT molecular complexity index is 891. The van der Waals surface area contributed by atoms with Gasteiger partial charge in [-0.15, -0.1) is 0 Å². The highest BCUT2D eigenvalue weighted by Crippen LogP contribution is 2.26. The number of benzene rings is 2. The molecule has 3 rings (SSSR count). The number of esters is 1. The van der Waals surface area contributed by atoms with Gasteiger partial charge < -0.3 is 24.4 Å². The van der Waals surface area contributed by atoms with Gasteiger partial charge in [0, 0.05) is 24.5 Å². The maximum Gasteiger partial charge on any atom is 0.342 e. The molecule has 0 aliphatic carbocycles. The Morgan fingerprint density at radius 2 is 1.79 bits per heavy atom. The molecule has 1 heterocycles. The molecule has 1 amide bonds. The lowest BCUT2D eigenvalue weighted by Crippen LogP contribution is -2.22. The summed E-state index contributed by atoms with van der Waals surface area (Å²) in [5.41, 5.74) is 3.02. The van der Waals surface area contributed by atoms with Crippen LogP contribution in [0.1, 0.15) is 28.8 Å². The Morgan fingerprint density at radius 3 is 2.45 bits per heavy atom. The molecule has 0 atom stereocenters. The van der Waals surface area contributed by atoms with E-state index in [1.165, 1.54) is 33.1 Å². The molecule has 7 nitrogen and oxygen atoms in total. The van der Waals surface area contributed by atoms with E-state index in [9.17, 15) is 9.59 Å². The predicted molar refractivity (Wildman–Crippen MR) is 111 cm³/mol. The van der Waals surface area contributed by atoms with Crippen molar-refractivity contribution >= 4 is 23.3 Å². The molecule has 1 saturated heterocycles. The summed E-state index contributed by atoms with van der Waals surface area (Å²) in [6.45, 7) is 3.68. The number of hydrogen-bond donors (Lipinski definition) is 1. The highest BCUT2D eigenvalue weighted by Gasteiger charge is 2.17. The number of aryl methyl sites for hydroxylation is 1. The first-order valence-corrected chi connectivity index (χ1v) is 9.56. The van der Waals surface area contributed by atoms with Gasteiger partial charge in [0.05, 0.1) is 14.2 Å². The highest BCUT2D eigenvalue weighted by atomic mass is 16.5. The number of nitrogens with one attached hydrogen (secondary N) is 1. The fourth-order valence-corrected chi connectivity index (χ4v) is 3.33. The molecule has 0 bridgehead atoms. The monoisotopic (exact) mass is 398 g/mol. The lowest BCUT2D eigenvalue weighted by atomic mass is 10.1. The molecular weight excluding hydrogens is 372 g/mol. The Kier molecular flexibility index (Phi) is 6.59. The number of carbonyl (C=O) groups excluding carboxylic acids is 2. The Morgan fingerprint density at radius 1 is 1.03 bits per heavy atom. The van der Waals surface area contributed by atoms with E-state index in [0.717, 1.165) is 24.3 Å². The normalized spacial score (nSPS) is 13.1. The molecular formula is C22H26N2O5. The molecule has 0 aromatic heterocycles. The van der Waals surface area contributed by atoms with Crippen molar-refractivity contribution in [3.63, 3.8) is 0 Å². The third kappa shape index (κ3) is 4.99. The number of methoxy groups -OCH3 is 2. The van der Waals surface area contributed by atoms with Gasteiger partial charge in [-0.2, -0.15) is 0 Å². The summed E-state index contributed by atoms with van der Waals surface area (Å²) >= 11 is 0. The molecule has 0 radical (unpaired) electrons. The summed E-state index contributed by atoms with van der Waals surface area (Å²) in [6, 6.07) is 10.8. The van der Waals surface area contributed by atoms with Crippen molar-refractivity contribution in [1.29, 1.82) is 0 Å². The van der Waals surface area contributed by atoms with E-state index in [0.29, 0.717) is 17.2 Å². The van der Waals surface area contributed by atoms with E-state index in [1.54, 1.807) is 12.1 Å². The zero-order valence-electron chi connectivity index (χ0n) is 17.0. The van der Waals surface area contributed by atoms with Gasteiger partial charge in [-0.05, 0) is 61.7 Å². The second-order valence-corrected chi connectivity index (χ2v) is 6.88. The van der Waals surface area contributed by atoms with E-state index >= 15 is 0 Å². The Hall–Kier alpha value is -3.22. The van der Waals surface area contributed by atoms with Crippen LogP contribution in [-0.2, 0) is 9.53 Å². The lowest BCUT2D eigenvalue weighted by molar-refractivity contribution is -0.119. The molecule has 0 saturated carbocycles. The van der Waals surface area contributed by atoms with Crippen LogP contribution in [0.15, 0.2) is 36.4 Å². The summed E-state index contributed by atoms with van der Waals surface area (Å²) in [7, 11) is 2.96. The molecule has 1 N–H and O–H groups in total. The van der Waals surface area contributed by atoms with Crippen LogP contribution in [0.2, 0.25) is 0 Å². The van der Waals surface area contributed by atoms with Crippen LogP contribution >= 0.6 is 0 Å². The smallest absolute Gasteiger partial charge is 0.342 e. The molecule has 1 fully saturated rings. The maximum atomic E-state index is 12.4. The zero-order chi connectivity index (χ0) is 20.8. The highest BCUT2D eigenvalue weighted by molar-refractivity contribution is 5.97. The predicted octanol–water partition coefficient (Wildman–Crippen LogP) is 3.41. The van der Waals surface area contributed by atoms with E-state index < -0.39 is 18.5 Å². The fraction of sp³-hybridized carbons (Fsp3) is 0.364. The average Bonchev–Trinajstić information content (AvgIpc) is 3.28. The van der Waals surface area contributed by atoms with Crippen molar-refractivity contribution in [2.45, 2.75) is 19.8 Å². The van der Waals surface area contributed by atoms with Crippen LogP contribution in [0.5, 0.6) is 11.5 Å². The number of amides is 1. The number of ether oxygens (including phenoxy) is 3. The maximum absolute atomic E-state index is 12.4. The first kappa shape index (κ1) is 20.5. The van der Waals surface area contributed by atoms with Crippen molar-refractivity contribution in [3.05, 3.63) is 47.5 Å². The van der Waals surface area contributed by atoms with Gasteiger partial charge in [0.15, 0.2) is 6.61 Å². The molecule has 7 heteroatoms. The quantitative estimate of drug-likeness (QED) is 0.721. The van der Waals surface area contributed by atoms with Crippen LogP contribution < -0.4 is 19.7 Å². The SMILES string of the molecule is COc1ccc(OC)c(C(=O)OCC(=O)Nc2ccc(N3CCCC3)cc2C)c1. The minimum absolute atomic E-state index is 0.200. The summed E-state index contributed by atoms with van der Waals surface area (Å²) < 4.78 is 15.5. The molecule has 154 valence electrons. The molecule has 1 aliphatic rings. The summed E-state index contributed by atoms with van der Waals surface area (Å²) in [6.07, 6.45) is 2.42. The molecule has 29 heavy (non-hydrogen) atoms. The van der Waals surface area contributed by atoms with E-state index in [-0.39, 0.29) is 5.56 Å². The Labute approximate surface area is 170 Å². The van der Waals surface area contributed by atoms with Crippen LogP contribution in [0, 0.1) is 6.92 Å². The molecule has 2 aromatic rings. The molecule has 0 spiro atoms. The van der Waals surface area contributed by atoms with Gasteiger partial charge in [-0.25, -0.2) is 4.79 Å².